The number of nitrogens with zero attached hydrogens (tertiary/aromatic N) is 3. The Morgan fingerprint density at radius 1 is 1.26 bits per heavy atom. The Labute approximate surface area is 177 Å². The average molecular weight is 424 g/mol. The van der Waals surface area contributed by atoms with Crippen LogP contribution in [0.4, 0.5) is 4.79 Å². The van der Waals surface area contributed by atoms with E-state index in [4.69, 9.17) is 5.11 Å². The first-order valence-electron chi connectivity index (χ1n) is 10.1. The molecule has 1 aliphatic carbocycles. The predicted octanol–water partition coefficient (Wildman–Crippen LogP) is 1.81. The molecule has 2 amide bonds. The first kappa shape index (κ1) is 20.6. The maximum atomic E-state index is 13.1. The summed E-state index contributed by atoms with van der Waals surface area (Å²) in [6.07, 6.45) is 2.50. The van der Waals surface area contributed by atoms with Crippen molar-refractivity contribution < 1.29 is 14.7 Å². The highest BCUT2D eigenvalue weighted by Crippen LogP contribution is 2.40. The summed E-state index contributed by atoms with van der Waals surface area (Å²) >= 11 is 0. The van der Waals surface area contributed by atoms with Gasteiger partial charge in [-0.1, -0.05) is 0 Å². The minimum absolute atomic E-state index is 0.111. The first-order chi connectivity index (χ1) is 14.8. The van der Waals surface area contributed by atoms with Crippen LogP contribution in [0.1, 0.15) is 51.6 Å². The van der Waals surface area contributed by atoms with Gasteiger partial charge in [-0.15, -0.1) is 0 Å². The average Bonchev–Trinajstić information content (AvgIpc) is 3.47. The summed E-state index contributed by atoms with van der Waals surface area (Å²) in [6.45, 7) is 4.25. The number of carbonyl (C=O) groups is 2. The highest BCUT2D eigenvalue weighted by molar-refractivity contribution is 6.05. The van der Waals surface area contributed by atoms with Crippen molar-refractivity contribution in [1.82, 2.24) is 30.4 Å². The summed E-state index contributed by atoms with van der Waals surface area (Å²) in [5.74, 6) is 0.00974. The molecule has 1 saturated carbocycles. The summed E-state index contributed by atoms with van der Waals surface area (Å²) < 4.78 is 1.60. The molecule has 0 aliphatic heterocycles. The van der Waals surface area contributed by atoms with Gasteiger partial charge in [-0.25, -0.2) is 14.5 Å². The standard InChI is InChI=1S/C21H24N6O4/c1-11-7-12(2)25-20(29)15(11)9-23-19(28)14-8-17(13-3-4-13)26-18-16(14)10-24-27(18)6-5-22-21(30)31/h7-8,10,13,22H,3-6,9H2,1-2H3,(H,23,28)(H,25,29)(H,30,31). The lowest BCUT2D eigenvalue weighted by atomic mass is 10.1. The molecule has 10 heteroatoms. The Morgan fingerprint density at radius 2 is 2.03 bits per heavy atom. The topological polar surface area (TPSA) is 142 Å². The van der Waals surface area contributed by atoms with E-state index >= 15 is 0 Å². The van der Waals surface area contributed by atoms with Crippen LogP contribution in [0.5, 0.6) is 0 Å². The van der Waals surface area contributed by atoms with Gasteiger partial charge in [-0.05, 0) is 44.4 Å². The van der Waals surface area contributed by atoms with Crippen molar-refractivity contribution in [2.75, 3.05) is 6.54 Å². The van der Waals surface area contributed by atoms with Crippen LogP contribution >= 0.6 is 0 Å². The number of hydrogen-bond donors (Lipinski definition) is 4. The van der Waals surface area contributed by atoms with E-state index in [0.29, 0.717) is 34.6 Å². The largest absolute Gasteiger partial charge is 0.465 e. The van der Waals surface area contributed by atoms with E-state index in [1.807, 2.05) is 19.9 Å². The molecule has 3 aromatic rings. The van der Waals surface area contributed by atoms with Crippen molar-refractivity contribution in [3.63, 3.8) is 0 Å². The minimum Gasteiger partial charge on any atom is -0.465 e. The summed E-state index contributed by atoms with van der Waals surface area (Å²) in [5.41, 5.74) is 3.72. The summed E-state index contributed by atoms with van der Waals surface area (Å²) in [4.78, 5) is 43.4. The highest BCUT2D eigenvalue weighted by atomic mass is 16.4. The number of amides is 2. The molecule has 4 N–H and O–H groups in total. The van der Waals surface area contributed by atoms with Crippen molar-refractivity contribution in [3.05, 3.63) is 56.8 Å². The lowest BCUT2D eigenvalue weighted by Gasteiger charge is -2.10. The maximum absolute atomic E-state index is 13.1. The number of aromatic amines is 1. The van der Waals surface area contributed by atoms with Gasteiger partial charge in [0.25, 0.3) is 11.5 Å². The molecule has 1 fully saturated rings. The third kappa shape index (κ3) is 4.42. The molecule has 0 unspecified atom stereocenters. The molecule has 31 heavy (non-hydrogen) atoms. The van der Waals surface area contributed by atoms with Crippen LogP contribution in [0.15, 0.2) is 23.1 Å². The summed E-state index contributed by atoms with van der Waals surface area (Å²) in [6, 6.07) is 3.66. The van der Waals surface area contributed by atoms with Gasteiger partial charge in [0.05, 0.1) is 23.7 Å². The number of fused-ring (bicyclic) bond motifs is 1. The number of aryl methyl sites for hydroxylation is 2. The van der Waals surface area contributed by atoms with Crippen LogP contribution in [0.3, 0.4) is 0 Å². The number of rotatable bonds is 7. The number of aromatic nitrogens is 4. The van der Waals surface area contributed by atoms with E-state index in [9.17, 15) is 14.4 Å². The normalized spacial score (nSPS) is 13.4. The van der Waals surface area contributed by atoms with Gasteiger partial charge < -0.3 is 20.7 Å². The van der Waals surface area contributed by atoms with E-state index in [0.717, 1.165) is 29.8 Å². The number of pyridine rings is 2. The molecule has 0 saturated heterocycles. The third-order valence-corrected chi connectivity index (χ3v) is 5.39. The third-order valence-electron chi connectivity index (χ3n) is 5.39. The molecule has 0 atom stereocenters. The molecule has 3 aromatic heterocycles. The fourth-order valence-corrected chi connectivity index (χ4v) is 3.64. The van der Waals surface area contributed by atoms with Crippen LogP contribution in [0, 0.1) is 13.8 Å². The number of carbonyl (C=O) groups excluding carboxylic acids is 1. The fraction of sp³-hybridized carbons (Fsp3) is 0.381. The van der Waals surface area contributed by atoms with Gasteiger partial charge >= 0.3 is 6.09 Å². The van der Waals surface area contributed by atoms with Gasteiger partial charge in [0.1, 0.15) is 0 Å². The SMILES string of the molecule is Cc1cc(C)c(CNC(=O)c2cc(C3CC3)nc3c2cnn3CCNC(=O)O)c(=O)[nH]1. The number of H-pyrrole nitrogens is 1. The first-order valence-corrected chi connectivity index (χ1v) is 10.1. The zero-order valence-corrected chi connectivity index (χ0v) is 17.4. The van der Waals surface area contributed by atoms with E-state index in [2.05, 4.69) is 25.7 Å². The van der Waals surface area contributed by atoms with E-state index in [-0.39, 0.29) is 24.6 Å². The molecule has 0 spiro atoms. The molecule has 0 radical (unpaired) electrons. The van der Waals surface area contributed by atoms with Crippen LogP contribution in [0.2, 0.25) is 0 Å². The van der Waals surface area contributed by atoms with Gasteiger partial charge in [0.15, 0.2) is 5.65 Å². The molecule has 4 rings (SSSR count). The van der Waals surface area contributed by atoms with Crippen LogP contribution < -0.4 is 16.2 Å². The van der Waals surface area contributed by atoms with Gasteiger partial charge in [-0.2, -0.15) is 5.10 Å². The molecule has 0 bridgehead atoms. The van der Waals surface area contributed by atoms with Crippen molar-refractivity contribution in [3.8, 4) is 0 Å². The predicted molar refractivity (Wildman–Crippen MR) is 113 cm³/mol. The van der Waals surface area contributed by atoms with Crippen molar-refractivity contribution in [1.29, 1.82) is 0 Å². The lowest BCUT2D eigenvalue weighted by molar-refractivity contribution is 0.0952. The molecule has 1 aliphatic rings. The van der Waals surface area contributed by atoms with Crippen LogP contribution in [-0.2, 0) is 13.1 Å². The molecular formula is C21H24N6O4. The van der Waals surface area contributed by atoms with Crippen molar-refractivity contribution >= 4 is 23.0 Å². The second kappa shape index (κ2) is 8.21. The van der Waals surface area contributed by atoms with Crippen molar-refractivity contribution in [2.24, 2.45) is 0 Å². The van der Waals surface area contributed by atoms with Crippen LogP contribution in [0.25, 0.3) is 11.0 Å². The van der Waals surface area contributed by atoms with Crippen molar-refractivity contribution in [2.45, 2.75) is 45.7 Å². The summed E-state index contributed by atoms with van der Waals surface area (Å²) in [5, 5.41) is 18.8. The lowest BCUT2D eigenvalue weighted by Crippen LogP contribution is -2.28. The summed E-state index contributed by atoms with van der Waals surface area (Å²) in [7, 11) is 0. The second-order valence-electron chi connectivity index (χ2n) is 7.83. The highest BCUT2D eigenvalue weighted by Gasteiger charge is 2.28. The van der Waals surface area contributed by atoms with Gasteiger partial charge in [0.2, 0.25) is 0 Å². The number of hydrogen-bond acceptors (Lipinski definition) is 5. The Hall–Kier alpha value is -3.69. The smallest absolute Gasteiger partial charge is 0.404 e. The fourth-order valence-electron chi connectivity index (χ4n) is 3.64. The number of carboxylic acid groups (broad SMARTS) is 1. The van der Waals surface area contributed by atoms with Crippen LogP contribution in [-0.4, -0.2) is 43.4 Å². The Morgan fingerprint density at radius 3 is 2.71 bits per heavy atom. The van der Waals surface area contributed by atoms with Gasteiger partial charge in [-0.3, -0.25) is 9.59 Å². The Kier molecular flexibility index (Phi) is 5.45. The Bertz CT molecular complexity index is 1220. The molecular weight excluding hydrogens is 400 g/mol. The number of nitrogens with one attached hydrogen (secondary N) is 3. The monoisotopic (exact) mass is 424 g/mol. The zero-order valence-electron chi connectivity index (χ0n) is 17.4. The molecule has 10 nitrogen and oxygen atoms in total. The Balaban J connectivity index is 1.61. The van der Waals surface area contributed by atoms with E-state index < -0.39 is 6.09 Å². The molecule has 0 aromatic carbocycles. The van der Waals surface area contributed by atoms with Gasteiger partial charge in [0, 0.05) is 36.0 Å². The molecule has 162 valence electrons. The van der Waals surface area contributed by atoms with E-state index in [1.165, 1.54) is 0 Å². The zero-order chi connectivity index (χ0) is 22.1. The maximum Gasteiger partial charge on any atom is 0.404 e. The second-order valence-corrected chi connectivity index (χ2v) is 7.83. The quantitative estimate of drug-likeness (QED) is 0.456. The minimum atomic E-state index is -1.11. The van der Waals surface area contributed by atoms with E-state index in [1.54, 1.807) is 16.9 Å². The molecule has 3 heterocycles.